The van der Waals surface area contributed by atoms with Gasteiger partial charge in [-0.05, 0) is 31.5 Å². The predicted molar refractivity (Wildman–Crippen MR) is 118 cm³/mol. The molecule has 0 unspecified atom stereocenters. The summed E-state index contributed by atoms with van der Waals surface area (Å²) in [6.45, 7) is 5.54. The Labute approximate surface area is 188 Å². The highest BCUT2D eigenvalue weighted by atomic mass is 35.5. The van der Waals surface area contributed by atoms with E-state index in [4.69, 9.17) is 11.6 Å². The van der Waals surface area contributed by atoms with Crippen LogP contribution in [-0.4, -0.2) is 81.6 Å². The number of benzene rings is 1. The van der Waals surface area contributed by atoms with Crippen LogP contribution in [0, 0.1) is 0 Å². The normalized spacial score (nSPS) is 18.2. The second kappa shape index (κ2) is 10.3. The van der Waals surface area contributed by atoms with Gasteiger partial charge in [0.1, 0.15) is 4.90 Å². The Kier molecular flexibility index (Phi) is 8.48. The van der Waals surface area contributed by atoms with Gasteiger partial charge >= 0.3 is 0 Å². The highest BCUT2D eigenvalue weighted by Crippen LogP contribution is 2.26. The zero-order valence-electron chi connectivity index (χ0n) is 17.8. The van der Waals surface area contributed by atoms with Crippen LogP contribution in [0.25, 0.3) is 0 Å². The van der Waals surface area contributed by atoms with Crippen molar-refractivity contribution in [3.05, 3.63) is 28.8 Å². The van der Waals surface area contributed by atoms with Crippen molar-refractivity contribution in [3.8, 4) is 0 Å². The van der Waals surface area contributed by atoms with Gasteiger partial charge in [0.05, 0.1) is 23.1 Å². The minimum atomic E-state index is -3.88. The summed E-state index contributed by atoms with van der Waals surface area (Å²) in [5.74, 6) is -1.07. The van der Waals surface area contributed by atoms with Gasteiger partial charge < -0.3 is 10.2 Å². The van der Waals surface area contributed by atoms with Crippen LogP contribution in [-0.2, 0) is 24.7 Å². The van der Waals surface area contributed by atoms with Crippen LogP contribution in [0.15, 0.2) is 23.1 Å². The zero-order valence-corrected chi connectivity index (χ0v) is 20.2. The lowest BCUT2D eigenvalue weighted by Gasteiger charge is -2.23. The molecule has 0 spiro atoms. The maximum Gasteiger partial charge on any atom is 0.254 e. The first-order valence-electron chi connectivity index (χ1n) is 10.0. The van der Waals surface area contributed by atoms with Crippen LogP contribution >= 0.6 is 11.6 Å². The molecule has 1 aliphatic rings. The molecule has 9 nitrogen and oxygen atoms in total. The number of nitrogens with one attached hydrogen (secondary N) is 1. The van der Waals surface area contributed by atoms with Gasteiger partial charge in [-0.25, -0.2) is 16.8 Å². The maximum atomic E-state index is 12.9. The first-order chi connectivity index (χ1) is 14.4. The first kappa shape index (κ1) is 25.6. The summed E-state index contributed by atoms with van der Waals surface area (Å²) >= 11 is 6.12. The fourth-order valence-electron chi connectivity index (χ4n) is 3.40. The maximum absolute atomic E-state index is 12.9. The molecule has 1 heterocycles. The van der Waals surface area contributed by atoms with E-state index in [9.17, 15) is 26.4 Å². The molecule has 0 aromatic heterocycles. The molecular weight excluding hydrogens is 466 g/mol. The molecule has 174 valence electrons. The SMILES string of the molecule is CCN(CC(=O)N[C@H]1CCS(=O)(=O)C1)C(=O)c1ccc(Cl)c(S(=O)(=O)N(CC)CC)c1. The highest BCUT2D eigenvalue weighted by molar-refractivity contribution is 7.91. The number of amides is 2. The molecule has 2 rings (SSSR count). The molecule has 1 aromatic carbocycles. The molecule has 0 saturated carbocycles. The van der Waals surface area contributed by atoms with Gasteiger partial charge in [0.25, 0.3) is 5.91 Å². The number of carbonyl (C=O) groups excluding carboxylic acids is 2. The van der Waals surface area contributed by atoms with E-state index in [1.807, 2.05) is 0 Å². The van der Waals surface area contributed by atoms with E-state index in [1.165, 1.54) is 27.4 Å². The van der Waals surface area contributed by atoms with E-state index in [2.05, 4.69) is 5.32 Å². The minimum absolute atomic E-state index is 0.00619. The molecule has 1 saturated heterocycles. The van der Waals surface area contributed by atoms with Crippen LogP contribution in [0.1, 0.15) is 37.6 Å². The van der Waals surface area contributed by atoms with Crippen molar-refractivity contribution in [1.29, 1.82) is 0 Å². The van der Waals surface area contributed by atoms with Crippen molar-refractivity contribution in [2.45, 2.75) is 38.1 Å². The Hall–Kier alpha value is -1.69. The van der Waals surface area contributed by atoms with Crippen LogP contribution in [0.5, 0.6) is 0 Å². The average molecular weight is 494 g/mol. The lowest BCUT2D eigenvalue weighted by Crippen LogP contribution is -2.44. The number of nitrogens with zero attached hydrogens (tertiary/aromatic N) is 2. The largest absolute Gasteiger partial charge is 0.351 e. The summed E-state index contributed by atoms with van der Waals surface area (Å²) in [7, 11) is -7.01. The van der Waals surface area contributed by atoms with Crippen LogP contribution < -0.4 is 5.32 Å². The Morgan fingerprint density at radius 3 is 2.32 bits per heavy atom. The van der Waals surface area contributed by atoms with E-state index < -0.39 is 37.7 Å². The van der Waals surface area contributed by atoms with E-state index in [0.717, 1.165) is 0 Å². The third-order valence-corrected chi connectivity index (χ3v) is 9.40. The molecule has 0 bridgehead atoms. The van der Waals surface area contributed by atoms with Crippen molar-refractivity contribution in [1.82, 2.24) is 14.5 Å². The Balaban J connectivity index is 2.19. The lowest BCUT2D eigenvalue weighted by atomic mass is 10.2. The number of likely N-dealkylation sites (N-methyl/N-ethyl adjacent to an activating group) is 1. The molecule has 1 fully saturated rings. The van der Waals surface area contributed by atoms with Gasteiger partial charge in [-0.1, -0.05) is 25.4 Å². The van der Waals surface area contributed by atoms with E-state index in [-0.39, 0.29) is 53.2 Å². The molecule has 2 amide bonds. The number of hydrogen-bond acceptors (Lipinski definition) is 6. The van der Waals surface area contributed by atoms with Crippen LogP contribution in [0.2, 0.25) is 5.02 Å². The van der Waals surface area contributed by atoms with E-state index in [0.29, 0.717) is 6.42 Å². The fourth-order valence-corrected chi connectivity index (χ4v) is 7.03. The number of halogens is 1. The van der Waals surface area contributed by atoms with Crippen molar-refractivity contribution in [3.63, 3.8) is 0 Å². The third-order valence-electron chi connectivity index (χ3n) is 5.10. The summed E-state index contributed by atoms with van der Waals surface area (Å²) in [6, 6.07) is 3.52. The van der Waals surface area contributed by atoms with Gasteiger partial charge in [0, 0.05) is 31.2 Å². The van der Waals surface area contributed by atoms with E-state index in [1.54, 1.807) is 20.8 Å². The molecule has 31 heavy (non-hydrogen) atoms. The second-order valence-corrected chi connectivity index (χ2v) is 11.8. The third kappa shape index (κ3) is 6.18. The Morgan fingerprint density at radius 1 is 1.16 bits per heavy atom. The molecular formula is C19H28ClN3O6S2. The highest BCUT2D eigenvalue weighted by Gasteiger charge is 2.30. The number of hydrogen-bond donors (Lipinski definition) is 1. The summed E-state index contributed by atoms with van der Waals surface area (Å²) in [4.78, 5) is 26.4. The topological polar surface area (TPSA) is 121 Å². The van der Waals surface area contributed by atoms with Crippen molar-refractivity contribution < 1.29 is 26.4 Å². The quantitative estimate of drug-likeness (QED) is 0.550. The van der Waals surface area contributed by atoms with Gasteiger partial charge in [-0.2, -0.15) is 4.31 Å². The molecule has 1 N–H and O–H groups in total. The van der Waals surface area contributed by atoms with Crippen molar-refractivity contribution >= 4 is 43.3 Å². The Bertz CT molecular complexity index is 1040. The van der Waals surface area contributed by atoms with Gasteiger partial charge in [0.15, 0.2) is 9.84 Å². The monoisotopic (exact) mass is 493 g/mol. The van der Waals surface area contributed by atoms with Crippen molar-refractivity contribution in [2.75, 3.05) is 37.7 Å². The van der Waals surface area contributed by atoms with Crippen LogP contribution in [0.4, 0.5) is 0 Å². The second-order valence-electron chi connectivity index (χ2n) is 7.22. The first-order valence-corrected chi connectivity index (χ1v) is 13.7. The van der Waals surface area contributed by atoms with Gasteiger partial charge in [0.2, 0.25) is 15.9 Å². The fraction of sp³-hybridized carbons (Fsp3) is 0.579. The number of rotatable bonds is 9. The summed E-state index contributed by atoms with van der Waals surface area (Å²) in [5.41, 5.74) is 0.0909. The predicted octanol–water partition coefficient (Wildman–Crippen LogP) is 1.14. The average Bonchev–Trinajstić information content (AvgIpc) is 3.04. The summed E-state index contributed by atoms with van der Waals surface area (Å²) in [6.07, 6.45) is 0.345. The Morgan fingerprint density at radius 2 is 1.81 bits per heavy atom. The number of carbonyl (C=O) groups is 2. The van der Waals surface area contributed by atoms with Crippen LogP contribution in [0.3, 0.4) is 0 Å². The minimum Gasteiger partial charge on any atom is -0.351 e. The number of sulfone groups is 1. The lowest BCUT2D eigenvalue weighted by molar-refractivity contribution is -0.122. The summed E-state index contributed by atoms with van der Waals surface area (Å²) < 4.78 is 50.0. The molecule has 1 aromatic rings. The van der Waals surface area contributed by atoms with E-state index >= 15 is 0 Å². The smallest absolute Gasteiger partial charge is 0.254 e. The standard InChI is InChI=1S/C19H28ClN3O6S2/c1-4-22(12-18(24)21-15-9-10-30(26,27)13-15)19(25)14-7-8-16(20)17(11-14)31(28,29)23(5-2)6-3/h7-8,11,15H,4-6,9-10,12-13H2,1-3H3,(H,21,24)/t15-/m0/s1. The molecule has 1 atom stereocenters. The molecule has 0 aliphatic carbocycles. The van der Waals surface area contributed by atoms with Crippen molar-refractivity contribution in [2.24, 2.45) is 0 Å². The molecule has 0 radical (unpaired) electrons. The number of sulfonamides is 1. The summed E-state index contributed by atoms with van der Waals surface area (Å²) in [5, 5.41) is 2.65. The molecule has 1 aliphatic heterocycles. The molecule has 12 heteroatoms. The van der Waals surface area contributed by atoms with Gasteiger partial charge in [-0.15, -0.1) is 0 Å². The van der Waals surface area contributed by atoms with Gasteiger partial charge in [-0.3, -0.25) is 9.59 Å². The zero-order chi connectivity index (χ0) is 23.4.